The van der Waals surface area contributed by atoms with Crippen LogP contribution in [-0.4, -0.2) is 22.4 Å². The van der Waals surface area contributed by atoms with Crippen molar-refractivity contribution in [3.05, 3.63) is 30.3 Å². The van der Waals surface area contributed by atoms with Crippen LogP contribution in [0.4, 0.5) is 0 Å². The lowest BCUT2D eigenvalue weighted by Gasteiger charge is -2.40. The minimum atomic E-state index is -1.53. The van der Waals surface area contributed by atoms with Gasteiger partial charge in [-0.15, -0.1) is 0 Å². The molecule has 0 bridgehead atoms. The lowest BCUT2D eigenvalue weighted by Crippen LogP contribution is -2.54. The van der Waals surface area contributed by atoms with E-state index in [1.807, 2.05) is 0 Å². The SMILES string of the molecule is C[Si](C)(C)C(CC=O)[Si](C)(C)c1ccccc1. The Bertz CT molecular complexity index is 366. The highest BCUT2D eigenvalue weighted by Crippen LogP contribution is 2.34. The van der Waals surface area contributed by atoms with Crippen LogP contribution in [0.15, 0.2) is 30.3 Å². The molecule has 0 aliphatic carbocycles. The molecule has 0 saturated heterocycles. The Morgan fingerprint density at radius 2 is 1.59 bits per heavy atom. The second-order valence-electron chi connectivity index (χ2n) is 6.41. The first-order valence-electron chi connectivity index (χ1n) is 6.29. The fourth-order valence-corrected chi connectivity index (χ4v) is 15.0. The molecule has 0 aromatic heterocycles. The molecule has 0 aliphatic heterocycles. The summed E-state index contributed by atoms with van der Waals surface area (Å²) in [7, 11) is -2.83. The second kappa shape index (κ2) is 5.31. The number of carbonyl (C=O) groups is 1. The topological polar surface area (TPSA) is 17.1 Å². The number of carbonyl (C=O) groups excluding carboxylic acids is 1. The summed E-state index contributed by atoms with van der Waals surface area (Å²) in [6.45, 7) is 12.0. The third-order valence-electron chi connectivity index (χ3n) is 3.77. The van der Waals surface area contributed by atoms with Crippen molar-refractivity contribution in [3.63, 3.8) is 0 Å². The first-order valence-corrected chi connectivity index (χ1v) is 12.9. The molecule has 1 nitrogen and oxygen atoms in total. The largest absolute Gasteiger partial charge is 0.303 e. The molecule has 0 saturated carbocycles. The Balaban J connectivity index is 3.13. The van der Waals surface area contributed by atoms with E-state index in [-0.39, 0.29) is 0 Å². The molecule has 17 heavy (non-hydrogen) atoms. The molecule has 0 heterocycles. The minimum absolute atomic E-state index is 0.620. The van der Waals surface area contributed by atoms with Gasteiger partial charge in [-0.2, -0.15) is 0 Å². The maximum absolute atomic E-state index is 11.0. The predicted molar refractivity (Wildman–Crippen MR) is 81.3 cm³/mol. The summed E-state index contributed by atoms with van der Waals surface area (Å²) >= 11 is 0. The molecule has 1 aromatic carbocycles. The Kier molecular flexibility index (Phi) is 4.50. The van der Waals surface area contributed by atoms with Gasteiger partial charge in [0.05, 0.1) is 8.07 Å². The molecule has 1 atom stereocenters. The van der Waals surface area contributed by atoms with Crippen LogP contribution in [-0.2, 0) is 4.79 Å². The van der Waals surface area contributed by atoms with Crippen LogP contribution >= 0.6 is 0 Å². The van der Waals surface area contributed by atoms with Gasteiger partial charge < -0.3 is 4.79 Å². The zero-order valence-electron chi connectivity index (χ0n) is 11.7. The van der Waals surface area contributed by atoms with E-state index in [0.29, 0.717) is 5.16 Å². The maximum atomic E-state index is 11.0. The molecule has 3 heteroatoms. The number of rotatable bonds is 5. The summed E-state index contributed by atoms with van der Waals surface area (Å²) in [5, 5.41) is 2.10. The van der Waals surface area contributed by atoms with Crippen LogP contribution in [0.3, 0.4) is 0 Å². The Labute approximate surface area is 107 Å². The molecule has 1 aromatic rings. The van der Waals surface area contributed by atoms with Crippen LogP contribution in [0.25, 0.3) is 0 Å². The van der Waals surface area contributed by atoms with E-state index in [4.69, 9.17) is 0 Å². The summed E-state index contributed by atoms with van der Waals surface area (Å²) < 4.78 is 0. The molecule has 0 amide bonds. The number of hydrogen-bond acceptors (Lipinski definition) is 1. The molecular formula is C14H24OSi2. The summed E-state index contributed by atoms with van der Waals surface area (Å²) in [4.78, 5) is 11.0. The van der Waals surface area contributed by atoms with E-state index in [1.54, 1.807) is 0 Å². The molecular weight excluding hydrogens is 240 g/mol. The van der Waals surface area contributed by atoms with Gasteiger partial charge in [0, 0.05) is 14.5 Å². The van der Waals surface area contributed by atoms with Gasteiger partial charge in [-0.3, -0.25) is 0 Å². The van der Waals surface area contributed by atoms with Crippen LogP contribution in [0, 0.1) is 0 Å². The summed E-state index contributed by atoms with van der Waals surface area (Å²) in [6.07, 6.45) is 1.87. The van der Waals surface area contributed by atoms with E-state index in [9.17, 15) is 4.79 Å². The number of hydrogen-bond donors (Lipinski definition) is 0. The van der Waals surface area contributed by atoms with Crippen molar-refractivity contribution in [2.45, 2.75) is 44.3 Å². The van der Waals surface area contributed by atoms with Gasteiger partial charge in [-0.1, -0.05) is 68.3 Å². The first kappa shape index (κ1) is 14.4. The summed E-state index contributed by atoms with van der Waals surface area (Å²) in [5.41, 5.74) is 0. The molecule has 1 rings (SSSR count). The van der Waals surface area contributed by atoms with Gasteiger partial charge in [-0.05, 0) is 5.16 Å². The van der Waals surface area contributed by atoms with Gasteiger partial charge in [0.2, 0.25) is 0 Å². The number of aldehydes is 1. The van der Waals surface area contributed by atoms with Crippen molar-refractivity contribution in [3.8, 4) is 0 Å². The summed E-state index contributed by atoms with van der Waals surface area (Å²) in [6, 6.07) is 10.8. The van der Waals surface area contributed by atoms with Crippen LogP contribution < -0.4 is 5.19 Å². The van der Waals surface area contributed by atoms with Crippen LogP contribution in [0.5, 0.6) is 0 Å². The van der Waals surface area contributed by atoms with Crippen molar-refractivity contribution >= 4 is 27.6 Å². The first-order chi connectivity index (χ1) is 7.80. The fraction of sp³-hybridized carbons (Fsp3) is 0.500. The Morgan fingerprint density at radius 3 is 2.00 bits per heavy atom. The van der Waals surface area contributed by atoms with Crippen LogP contribution in [0.2, 0.25) is 37.9 Å². The molecule has 94 valence electrons. The van der Waals surface area contributed by atoms with E-state index in [2.05, 4.69) is 63.1 Å². The summed E-state index contributed by atoms with van der Waals surface area (Å²) in [5.74, 6) is 0. The molecule has 0 spiro atoms. The van der Waals surface area contributed by atoms with E-state index in [1.165, 1.54) is 5.19 Å². The maximum Gasteiger partial charge on any atom is 0.119 e. The average Bonchev–Trinajstić information content (AvgIpc) is 2.25. The van der Waals surface area contributed by atoms with Crippen molar-refractivity contribution in [1.29, 1.82) is 0 Å². The smallest absolute Gasteiger partial charge is 0.119 e. The molecule has 1 unspecified atom stereocenters. The fourth-order valence-electron chi connectivity index (χ4n) is 2.90. The zero-order chi connectivity index (χ0) is 13.1. The highest BCUT2D eigenvalue weighted by molar-refractivity contribution is 7.03. The standard InChI is InChI=1S/C14H24OSi2/c1-16(2,3)14(11-12-15)17(4,5)13-9-7-6-8-10-13/h6-10,12,14H,11H2,1-5H3. The van der Waals surface area contributed by atoms with Crippen molar-refractivity contribution < 1.29 is 4.79 Å². The van der Waals surface area contributed by atoms with E-state index < -0.39 is 16.1 Å². The third kappa shape index (κ3) is 3.39. The molecule has 0 aliphatic rings. The van der Waals surface area contributed by atoms with E-state index in [0.717, 1.165) is 12.7 Å². The molecule has 0 radical (unpaired) electrons. The number of benzene rings is 1. The average molecular weight is 265 g/mol. The van der Waals surface area contributed by atoms with Crippen molar-refractivity contribution in [1.82, 2.24) is 0 Å². The minimum Gasteiger partial charge on any atom is -0.303 e. The Hall–Kier alpha value is -0.676. The highest BCUT2D eigenvalue weighted by Gasteiger charge is 2.41. The van der Waals surface area contributed by atoms with Gasteiger partial charge in [0.1, 0.15) is 6.29 Å². The van der Waals surface area contributed by atoms with Crippen LogP contribution in [0.1, 0.15) is 6.42 Å². The van der Waals surface area contributed by atoms with Crippen molar-refractivity contribution in [2.24, 2.45) is 0 Å². The monoisotopic (exact) mass is 264 g/mol. The van der Waals surface area contributed by atoms with Gasteiger partial charge in [0.15, 0.2) is 0 Å². The third-order valence-corrected chi connectivity index (χ3v) is 14.7. The zero-order valence-corrected chi connectivity index (χ0v) is 13.7. The Morgan fingerprint density at radius 1 is 1.06 bits per heavy atom. The molecule has 0 fully saturated rings. The van der Waals surface area contributed by atoms with Gasteiger partial charge in [-0.25, -0.2) is 0 Å². The van der Waals surface area contributed by atoms with Crippen molar-refractivity contribution in [2.75, 3.05) is 0 Å². The lowest BCUT2D eigenvalue weighted by atomic mass is 10.4. The molecule has 0 N–H and O–H groups in total. The normalized spacial score (nSPS) is 14.4. The highest BCUT2D eigenvalue weighted by atomic mass is 28.4. The quantitative estimate of drug-likeness (QED) is 0.588. The van der Waals surface area contributed by atoms with Gasteiger partial charge >= 0.3 is 0 Å². The second-order valence-corrected chi connectivity index (χ2v) is 17.1. The van der Waals surface area contributed by atoms with Gasteiger partial charge in [0.25, 0.3) is 0 Å². The van der Waals surface area contributed by atoms with E-state index >= 15 is 0 Å². The predicted octanol–water partition coefficient (Wildman–Crippen LogP) is 3.44. The lowest BCUT2D eigenvalue weighted by molar-refractivity contribution is -0.107.